The summed E-state index contributed by atoms with van der Waals surface area (Å²) in [5.41, 5.74) is 5.39. The molecule has 0 saturated heterocycles. The molecule has 1 amide bonds. The van der Waals surface area contributed by atoms with Crippen LogP contribution in [-0.2, 0) is 4.79 Å². The molecule has 8 nitrogen and oxygen atoms in total. The summed E-state index contributed by atoms with van der Waals surface area (Å²) in [6.07, 6.45) is 0.0967. The molecule has 1 heterocycles. The molecule has 0 aliphatic heterocycles. The molecule has 3 N–H and O–H groups in total. The largest absolute Gasteiger partial charge is 0.370 e. The molecular formula is C11H19N5O3. The third-order valence-corrected chi connectivity index (χ3v) is 2.62. The first kappa shape index (κ1) is 14.9. The van der Waals surface area contributed by atoms with Crippen LogP contribution in [0.1, 0.15) is 38.9 Å². The highest BCUT2D eigenvalue weighted by Gasteiger charge is 2.27. The average Bonchev–Trinajstić information content (AvgIpc) is 2.53. The molecule has 0 aromatic carbocycles. The summed E-state index contributed by atoms with van der Waals surface area (Å²) in [6, 6.07) is -0.333. The van der Waals surface area contributed by atoms with Crippen molar-refractivity contribution in [2.45, 2.75) is 46.2 Å². The van der Waals surface area contributed by atoms with Crippen LogP contribution in [0.15, 0.2) is 0 Å². The quantitative estimate of drug-likeness (QED) is 0.597. The Morgan fingerprint density at radius 2 is 2.11 bits per heavy atom. The monoisotopic (exact) mass is 269 g/mol. The zero-order valence-corrected chi connectivity index (χ0v) is 11.5. The van der Waals surface area contributed by atoms with E-state index in [-0.39, 0.29) is 24.2 Å². The number of anilines is 1. The molecule has 8 heteroatoms. The van der Waals surface area contributed by atoms with Crippen molar-refractivity contribution >= 4 is 17.4 Å². The van der Waals surface area contributed by atoms with Gasteiger partial charge in [-0.1, -0.05) is 0 Å². The van der Waals surface area contributed by atoms with Crippen molar-refractivity contribution in [3.63, 3.8) is 0 Å². The molecule has 19 heavy (non-hydrogen) atoms. The number of carbonyl (C=O) groups is 1. The summed E-state index contributed by atoms with van der Waals surface area (Å²) in [5, 5.41) is 18.2. The molecule has 0 saturated carbocycles. The van der Waals surface area contributed by atoms with Crippen molar-refractivity contribution in [1.82, 2.24) is 9.78 Å². The van der Waals surface area contributed by atoms with Gasteiger partial charge in [-0.15, -0.1) is 0 Å². The highest BCUT2D eigenvalue weighted by molar-refractivity contribution is 5.75. The summed E-state index contributed by atoms with van der Waals surface area (Å²) in [5.74, 6) is -0.152. The van der Waals surface area contributed by atoms with Gasteiger partial charge in [0.25, 0.3) is 0 Å². The van der Waals surface area contributed by atoms with Crippen molar-refractivity contribution < 1.29 is 9.72 Å². The molecular weight excluding hydrogens is 250 g/mol. The first-order valence-electron chi connectivity index (χ1n) is 6.02. The Morgan fingerprint density at radius 3 is 2.53 bits per heavy atom. The van der Waals surface area contributed by atoms with Crippen LogP contribution in [0.25, 0.3) is 0 Å². The van der Waals surface area contributed by atoms with E-state index in [2.05, 4.69) is 10.4 Å². The molecule has 1 unspecified atom stereocenters. The van der Waals surface area contributed by atoms with Crippen LogP contribution >= 0.6 is 0 Å². The van der Waals surface area contributed by atoms with Gasteiger partial charge < -0.3 is 11.1 Å². The molecule has 1 aromatic rings. The van der Waals surface area contributed by atoms with Crippen molar-refractivity contribution in [2.24, 2.45) is 5.73 Å². The smallest absolute Gasteiger partial charge is 0.333 e. The average molecular weight is 269 g/mol. The van der Waals surface area contributed by atoms with Crippen LogP contribution < -0.4 is 11.1 Å². The van der Waals surface area contributed by atoms with Gasteiger partial charge >= 0.3 is 5.69 Å². The predicted octanol–water partition coefficient (Wildman–Crippen LogP) is 1.36. The van der Waals surface area contributed by atoms with E-state index in [1.807, 2.05) is 13.8 Å². The molecule has 1 atom stereocenters. The van der Waals surface area contributed by atoms with E-state index in [0.717, 1.165) is 0 Å². The number of nitrogens with two attached hydrogens (primary N) is 1. The van der Waals surface area contributed by atoms with E-state index in [1.165, 1.54) is 0 Å². The first-order valence-corrected chi connectivity index (χ1v) is 6.02. The number of hydrogen-bond acceptors (Lipinski definition) is 5. The van der Waals surface area contributed by atoms with Crippen molar-refractivity contribution in [2.75, 3.05) is 5.32 Å². The maximum Gasteiger partial charge on any atom is 0.333 e. The second kappa shape index (κ2) is 5.68. The topological polar surface area (TPSA) is 116 Å². The van der Waals surface area contributed by atoms with Gasteiger partial charge in [-0.25, -0.2) is 4.68 Å². The highest BCUT2D eigenvalue weighted by Crippen LogP contribution is 2.31. The van der Waals surface area contributed by atoms with Gasteiger partial charge in [0, 0.05) is 18.5 Å². The number of aromatic nitrogens is 2. The van der Waals surface area contributed by atoms with Gasteiger partial charge in [-0.3, -0.25) is 14.9 Å². The lowest BCUT2D eigenvalue weighted by Crippen LogP contribution is -2.25. The molecule has 0 spiro atoms. The number of aryl methyl sites for hydroxylation is 1. The lowest BCUT2D eigenvalue weighted by atomic mass is 10.2. The fraction of sp³-hybridized carbons (Fsp3) is 0.636. The van der Waals surface area contributed by atoms with Crippen LogP contribution in [0.3, 0.4) is 0 Å². The number of nitro groups is 1. The summed E-state index contributed by atoms with van der Waals surface area (Å²) in [6.45, 7) is 7.07. The van der Waals surface area contributed by atoms with E-state index >= 15 is 0 Å². The maximum atomic E-state index is 11.1. The lowest BCUT2D eigenvalue weighted by Gasteiger charge is -2.16. The number of rotatable bonds is 6. The van der Waals surface area contributed by atoms with Gasteiger partial charge in [0.2, 0.25) is 11.7 Å². The number of carbonyl (C=O) groups excluding carboxylic acids is 1. The number of primary amides is 1. The molecule has 0 aliphatic carbocycles. The van der Waals surface area contributed by atoms with Crippen LogP contribution in [0.2, 0.25) is 0 Å². The first-order chi connectivity index (χ1) is 8.73. The maximum absolute atomic E-state index is 11.1. The van der Waals surface area contributed by atoms with Crippen LogP contribution in [0.4, 0.5) is 11.5 Å². The minimum absolute atomic E-state index is 0.0318. The van der Waals surface area contributed by atoms with Crippen molar-refractivity contribution in [1.29, 1.82) is 0 Å². The Balaban J connectivity index is 3.15. The van der Waals surface area contributed by atoms with Gasteiger partial charge in [0.05, 0.1) is 4.92 Å². The Hall–Kier alpha value is -2.12. The number of amides is 1. The number of nitrogens with zero attached hydrogens (tertiary/aromatic N) is 3. The Morgan fingerprint density at radius 1 is 1.53 bits per heavy atom. The van der Waals surface area contributed by atoms with Gasteiger partial charge in [-0.2, -0.15) is 5.10 Å². The second-order valence-corrected chi connectivity index (χ2v) is 4.79. The minimum atomic E-state index is -0.472. The lowest BCUT2D eigenvalue weighted by molar-refractivity contribution is -0.384. The van der Waals surface area contributed by atoms with Gasteiger partial charge in [0.15, 0.2) is 0 Å². The molecule has 1 rings (SSSR count). The zero-order valence-electron chi connectivity index (χ0n) is 11.5. The highest BCUT2D eigenvalue weighted by atomic mass is 16.6. The van der Waals surface area contributed by atoms with E-state index in [9.17, 15) is 14.9 Å². The fourth-order valence-electron chi connectivity index (χ4n) is 1.85. The standard InChI is InChI=1S/C11H19N5O3/c1-6(2)15-11(13-7(3)5-9(12)17)10(16(18)19)8(4)14-15/h6-7,13H,5H2,1-4H3,(H2,12,17). The van der Waals surface area contributed by atoms with Crippen molar-refractivity contribution in [3.05, 3.63) is 15.8 Å². The van der Waals surface area contributed by atoms with E-state index in [1.54, 1.807) is 18.5 Å². The minimum Gasteiger partial charge on any atom is -0.370 e. The second-order valence-electron chi connectivity index (χ2n) is 4.79. The fourth-order valence-corrected chi connectivity index (χ4v) is 1.85. The summed E-state index contributed by atoms with van der Waals surface area (Å²) < 4.78 is 1.55. The summed E-state index contributed by atoms with van der Waals surface area (Å²) in [7, 11) is 0. The van der Waals surface area contributed by atoms with Gasteiger partial charge in [-0.05, 0) is 27.7 Å². The van der Waals surface area contributed by atoms with E-state index < -0.39 is 10.8 Å². The third-order valence-electron chi connectivity index (χ3n) is 2.62. The Kier molecular flexibility index (Phi) is 4.47. The molecule has 0 fully saturated rings. The molecule has 0 radical (unpaired) electrons. The van der Waals surface area contributed by atoms with Crippen molar-refractivity contribution in [3.8, 4) is 0 Å². The van der Waals surface area contributed by atoms with Gasteiger partial charge in [0.1, 0.15) is 5.69 Å². The zero-order chi connectivity index (χ0) is 14.7. The van der Waals surface area contributed by atoms with E-state index in [4.69, 9.17) is 5.73 Å². The third kappa shape index (κ3) is 3.43. The molecule has 0 aliphatic rings. The molecule has 1 aromatic heterocycles. The predicted molar refractivity (Wildman–Crippen MR) is 70.9 cm³/mol. The SMILES string of the molecule is Cc1nn(C(C)C)c(NC(C)CC(N)=O)c1[N+](=O)[O-]. The Labute approximate surface area is 111 Å². The molecule has 106 valence electrons. The number of hydrogen-bond donors (Lipinski definition) is 2. The summed E-state index contributed by atoms with van der Waals surface area (Å²) >= 11 is 0. The molecule has 0 bridgehead atoms. The van der Waals surface area contributed by atoms with Crippen LogP contribution in [0.5, 0.6) is 0 Å². The van der Waals surface area contributed by atoms with Crippen LogP contribution in [0, 0.1) is 17.0 Å². The summed E-state index contributed by atoms with van der Waals surface area (Å²) in [4.78, 5) is 21.5. The van der Waals surface area contributed by atoms with E-state index in [0.29, 0.717) is 11.5 Å². The van der Waals surface area contributed by atoms with Crippen LogP contribution in [-0.4, -0.2) is 26.7 Å². The normalized spacial score (nSPS) is 12.5. The Bertz CT molecular complexity index is 495. The number of nitrogens with one attached hydrogen (secondary N) is 1.